The van der Waals surface area contributed by atoms with E-state index in [0.717, 1.165) is 5.56 Å². The van der Waals surface area contributed by atoms with Crippen molar-refractivity contribution in [2.24, 2.45) is 0 Å². The van der Waals surface area contributed by atoms with Crippen LogP contribution >= 0.6 is 0 Å². The highest BCUT2D eigenvalue weighted by molar-refractivity contribution is 7.94. The summed E-state index contributed by atoms with van der Waals surface area (Å²) in [5.41, 5.74) is 1.01. The van der Waals surface area contributed by atoms with E-state index in [1.807, 2.05) is 36.4 Å². The molecule has 2 rings (SSSR count). The number of hydrogen-bond donors (Lipinski definition) is 0. The summed E-state index contributed by atoms with van der Waals surface area (Å²) in [6.45, 7) is 1.68. The minimum atomic E-state index is -3.32. The van der Waals surface area contributed by atoms with E-state index in [9.17, 15) is 8.42 Å². The lowest BCUT2D eigenvalue weighted by Crippen LogP contribution is -2.12. The molecule has 0 unspecified atom stereocenters. The molecular weight excluding hydrogens is 244 g/mol. The first-order valence-corrected chi connectivity index (χ1v) is 7.25. The predicted octanol–water partition coefficient (Wildman–Crippen LogP) is 3.25. The molecule has 2 aromatic carbocycles. The Bertz CT molecular complexity index is 589. The van der Waals surface area contributed by atoms with E-state index in [2.05, 4.69) is 0 Å². The fraction of sp³-hybridized carbons (Fsp3) is 0.133. The van der Waals surface area contributed by atoms with Gasteiger partial charge in [0.25, 0.3) is 0 Å². The molecule has 0 spiro atoms. The Morgan fingerprint density at radius 1 is 0.889 bits per heavy atom. The van der Waals surface area contributed by atoms with Gasteiger partial charge in [-0.1, -0.05) is 54.1 Å². The molecule has 0 saturated heterocycles. The van der Waals surface area contributed by atoms with E-state index in [1.54, 1.807) is 31.2 Å². The second kappa shape index (κ2) is 5.36. The third kappa shape index (κ3) is 2.79. The molecule has 18 heavy (non-hydrogen) atoms. The van der Waals surface area contributed by atoms with Crippen molar-refractivity contribution in [3.63, 3.8) is 0 Å². The molecular formula is C15H15O2S-. The normalized spacial score (nSPS) is 11.7. The van der Waals surface area contributed by atoms with Crippen LogP contribution in [0.2, 0.25) is 0 Å². The molecule has 0 saturated carbocycles. The van der Waals surface area contributed by atoms with Crippen LogP contribution in [0.4, 0.5) is 0 Å². The Labute approximate surface area is 108 Å². The average molecular weight is 259 g/mol. The molecule has 0 N–H and O–H groups in total. The predicted molar refractivity (Wildman–Crippen MR) is 72.7 cm³/mol. The van der Waals surface area contributed by atoms with Crippen LogP contribution in [0, 0.1) is 5.25 Å². The molecule has 2 aromatic rings. The topological polar surface area (TPSA) is 34.1 Å². The Balaban J connectivity index is 2.21. The maximum Gasteiger partial charge on any atom is 0.0545 e. The number of benzene rings is 2. The molecule has 0 amide bonds. The van der Waals surface area contributed by atoms with Crippen LogP contribution in [-0.4, -0.2) is 8.42 Å². The van der Waals surface area contributed by atoms with Gasteiger partial charge in [-0.05, 0) is 12.1 Å². The summed E-state index contributed by atoms with van der Waals surface area (Å²) >= 11 is 0. The van der Waals surface area contributed by atoms with Crippen LogP contribution < -0.4 is 0 Å². The van der Waals surface area contributed by atoms with E-state index < -0.39 is 9.84 Å². The van der Waals surface area contributed by atoms with Crippen molar-refractivity contribution in [3.8, 4) is 0 Å². The molecule has 2 nitrogen and oxygen atoms in total. The van der Waals surface area contributed by atoms with Crippen LogP contribution in [0.25, 0.3) is 0 Å². The summed E-state index contributed by atoms with van der Waals surface area (Å²) in [5.74, 6) is 0. The summed E-state index contributed by atoms with van der Waals surface area (Å²) in [5, 5.41) is 0.472. The molecule has 3 heteroatoms. The van der Waals surface area contributed by atoms with Gasteiger partial charge in [-0.2, -0.15) is 12.2 Å². The van der Waals surface area contributed by atoms with Crippen molar-refractivity contribution in [1.82, 2.24) is 0 Å². The SMILES string of the molecule is C[C-](Cc1ccccc1)S(=O)(=O)c1ccccc1. The van der Waals surface area contributed by atoms with Crippen LogP contribution in [0.3, 0.4) is 0 Å². The van der Waals surface area contributed by atoms with Crippen molar-refractivity contribution >= 4 is 9.84 Å². The van der Waals surface area contributed by atoms with Crippen molar-refractivity contribution in [2.45, 2.75) is 18.2 Å². The molecule has 0 aliphatic rings. The highest BCUT2D eigenvalue weighted by atomic mass is 32.2. The lowest BCUT2D eigenvalue weighted by atomic mass is 10.1. The molecule has 0 aliphatic carbocycles. The smallest absolute Gasteiger partial charge is 0.0545 e. The summed E-state index contributed by atoms with van der Waals surface area (Å²) < 4.78 is 24.6. The van der Waals surface area contributed by atoms with Gasteiger partial charge in [-0.25, -0.2) is 0 Å². The van der Waals surface area contributed by atoms with Gasteiger partial charge < -0.3 is 0 Å². The molecule has 0 atom stereocenters. The lowest BCUT2D eigenvalue weighted by Gasteiger charge is -2.25. The molecule has 0 aliphatic heterocycles. The second-order valence-corrected chi connectivity index (χ2v) is 6.36. The van der Waals surface area contributed by atoms with Gasteiger partial charge in [0.2, 0.25) is 0 Å². The van der Waals surface area contributed by atoms with Gasteiger partial charge in [-0.15, -0.1) is 6.42 Å². The van der Waals surface area contributed by atoms with Crippen molar-refractivity contribution in [1.29, 1.82) is 0 Å². The highest BCUT2D eigenvalue weighted by Crippen LogP contribution is 2.24. The first-order chi connectivity index (χ1) is 8.60. The van der Waals surface area contributed by atoms with Crippen LogP contribution in [-0.2, 0) is 16.3 Å². The Morgan fingerprint density at radius 3 is 1.94 bits per heavy atom. The fourth-order valence-corrected chi connectivity index (χ4v) is 3.05. The highest BCUT2D eigenvalue weighted by Gasteiger charge is 2.11. The average Bonchev–Trinajstić information content (AvgIpc) is 2.41. The van der Waals surface area contributed by atoms with E-state index in [4.69, 9.17) is 0 Å². The number of hydrogen-bond acceptors (Lipinski definition) is 2. The van der Waals surface area contributed by atoms with E-state index in [0.29, 0.717) is 16.6 Å². The molecule has 0 radical (unpaired) electrons. The quantitative estimate of drug-likeness (QED) is 0.790. The molecule has 0 bridgehead atoms. The molecule has 94 valence electrons. The Kier molecular flexibility index (Phi) is 3.82. The standard InChI is InChI=1S/C15H15O2S/c1-13(12-14-8-4-2-5-9-14)18(16,17)15-10-6-3-7-11-15/h2-11H,12H2,1H3/q-1. The summed E-state index contributed by atoms with van der Waals surface area (Å²) in [4.78, 5) is 0.360. The zero-order chi connectivity index (χ0) is 13.0. The Morgan fingerprint density at radius 2 is 1.39 bits per heavy atom. The van der Waals surface area contributed by atoms with Gasteiger partial charge in [0.15, 0.2) is 0 Å². The zero-order valence-corrected chi connectivity index (χ0v) is 11.0. The van der Waals surface area contributed by atoms with E-state index >= 15 is 0 Å². The van der Waals surface area contributed by atoms with Crippen LogP contribution in [0.5, 0.6) is 0 Å². The molecule has 0 aromatic heterocycles. The maximum atomic E-state index is 12.3. The second-order valence-electron chi connectivity index (χ2n) is 4.18. The summed E-state index contributed by atoms with van der Waals surface area (Å²) in [7, 11) is -3.32. The largest absolute Gasteiger partial charge is 0.257 e. The van der Waals surface area contributed by atoms with Crippen LogP contribution in [0.15, 0.2) is 65.6 Å². The number of sulfone groups is 1. The zero-order valence-electron chi connectivity index (χ0n) is 10.2. The van der Waals surface area contributed by atoms with Gasteiger partial charge in [-0.3, -0.25) is 8.42 Å². The third-order valence-corrected chi connectivity index (χ3v) is 4.76. The van der Waals surface area contributed by atoms with E-state index in [1.165, 1.54) is 0 Å². The molecule has 0 heterocycles. The van der Waals surface area contributed by atoms with Gasteiger partial charge in [0.1, 0.15) is 0 Å². The van der Waals surface area contributed by atoms with E-state index in [-0.39, 0.29) is 0 Å². The first-order valence-electron chi connectivity index (χ1n) is 5.77. The minimum absolute atomic E-state index is 0.360. The summed E-state index contributed by atoms with van der Waals surface area (Å²) in [6, 6.07) is 18.2. The van der Waals surface area contributed by atoms with Crippen molar-refractivity contribution in [2.75, 3.05) is 0 Å². The monoisotopic (exact) mass is 259 g/mol. The lowest BCUT2D eigenvalue weighted by molar-refractivity contribution is 0.594. The van der Waals surface area contributed by atoms with Gasteiger partial charge in [0, 0.05) is 4.90 Å². The summed E-state index contributed by atoms with van der Waals surface area (Å²) in [6.07, 6.45) is 0.456. The fourth-order valence-electron chi connectivity index (χ4n) is 1.78. The van der Waals surface area contributed by atoms with Crippen molar-refractivity contribution in [3.05, 3.63) is 71.5 Å². The first kappa shape index (κ1) is 12.8. The molecule has 0 fully saturated rings. The minimum Gasteiger partial charge on any atom is -0.257 e. The van der Waals surface area contributed by atoms with Gasteiger partial charge >= 0.3 is 0 Å². The van der Waals surface area contributed by atoms with Gasteiger partial charge in [0.05, 0.1) is 9.84 Å². The van der Waals surface area contributed by atoms with Crippen molar-refractivity contribution < 1.29 is 8.42 Å². The number of rotatable bonds is 4. The maximum absolute atomic E-state index is 12.3. The van der Waals surface area contributed by atoms with Crippen LogP contribution in [0.1, 0.15) is 12.5 Å². The third-order valence-electron chi connectivity index (χ3n) is 2.81. The Hall–Kier alpha value is -1.61.